The van der Waals surface area contributed by atoms with E-state index in [2.05, 4.69) is 12.2 Å². The number of hydrogen-bond donors (Lipinski definition) is 2. The minimum absolute atomic E-state index is 0.105. The molecule has 0 atom stereocenters. The Hall–Kier alpha value is -1.22. The molecule has 0 spiro atoms. The molecule has 0 aromatic heterocycles. The molecule has 4 heteroatoms. The molecule has 1 saturated carbocycles. The first-order chi connectivity index (χ1) is 8.56. The third kappa shape index (κ3) is 2.96. The molecular weight excluding hydrogens is 248 g/mol. The molecule has 98 valence electrons. The number of anilines is 1. The number of carbonyl (C=O) groups is 1. The van der Waals surface area contributed by atoms with Gasteiger partial charge in [0.1, 0.15) is 0 Å². The Labute approximate surface area is 113 Å². The summed E-state index contributed by atoms with van der Waals surface area (Å²) in [5.74, 6) is -0.105. The molecule has 0 heterocycles. The van der Waals surface area contributed by atoms with Crippen molar-refractivity contribution >= 4 is 23.2 Å². The van der Waals surface area contributed by atoms with Crippen molar-refractivity contribution in [1.82, 2.24) is 5.32 Å². The van der Waals surface area contributed by atoms with Crippen LogP contribution in [0.1, 0.15) is 43.0 Å². The Morgan fingerprint density at radius 3 is 2.78 bits per heavy atom. The first-order valence-electron chi connectivity index (χ1n) is 6.39. The van der Waals surface area contributed by atoms with Crippen molar-refractivity contribution in [2.75, 3.05) is 12.3 Å². The average Bonchev–Trinajstić information content (AvgIpc) is 3.07. The van der Waals surface area contributed by atoms with Gasteiger partial charge in [0.15, 0.2) is 0 Å². The maximum Gasteiger partial charge on any atom is 0.253 e. The lowest BCUT2D eigenvalue weighted by Crippen LogP contribution is -2.30. The first-order valence-corrected chi connectivity index (χ1v) is 6.77. The van der Waals surface area contributed by atoms with Crippen molar-refractivity contribution in [1.29, 1.82) is 0 Å². The molecule has 0 saturated heterocycles. The van der Waals surface area contributed by atoms with Crippen LogP contribution < -0.4 is 11.1 Å². The number of carbonyl (C=O) groups excluding carboxylic acids is 1. The van der Waals surface area contributed by atoms with Gasteiger partial charge >= 0.3 is 0 Å². The van der Waals surface area contributed by atoms with Crippen LogP contribution in [0.25, 0.3) is 0 Å². The summed E-state index contributed by atoms with van der Waals surface area (Å²) < 4.78 is 0. The highest BCUT2D eigenvalue weighted by molar-refractivity contribution is 6.31. The Kier molecular flexibility index (Phi) is 3.81. The second-order valence-electron chi connectivity index (χ2n) is 5.16. The van der Waals surface area contributed by atoms with Gasteiger partial charge in [-0.05, 0) is 42.9 Å². The SMILES string of the molecule is CCCC1(CNC(=O)c2ccc(Cl)cc2N)CC1. The van der Waals surface area contributed by atoms with Crippen molar-refractivity contribution in [3.05, 3.63) is 28.8 Å². The first kappa shape index (κ1) is 13.2. The van der Waals surface area contributed by atoms with Crippen molar-refractivity contribution in [2.24, 2.45) is 5.41 Å². The van der Waals surface area contributed by atoms with Gasteiger partial charge in [-0.25, -0.2) is 0 Å². The molecule has 0 radical (unpaired) electrons. The van der Waals surface area contributed by atoms with Crippen LogP contribution in [0.2, 0.25) is 5.02 Å². The van der Waals surface area contributed by atoms with E-state index in [0.717, 1.165) is 6.54 Å². The summed E-state index contributed by atoms with van der Waals surface area (Å²) in [5.41, 5.74) is 7.08. The Morgan fingerprint density at radius 2 is 2.22 bits per heavy atom. The number of rotatable bonds is 5. The van der Waals surface area contributed by atoms with Gasteiger partial charge in [-0.1, -0.05) is 24.9 Å². The van der Waals surface area contributed by atoms with E-state index in [1.165, 1.54) is 25.7 Å². The molecule has 0 aliphatic heterocycles. The third-order valence-electron chi connectivity index (χ3n) is 3.62. The van der Waals surface area contributed by atoms with Crippen LogP contribution in [-0.2, 0) is 0 Å². The molecular formula is C14H19ClN2O. The number of benzene rings is 1. The molecule has 1 fully saturated rings. The van der Waals surface area contributed by atoms with Crippen LogP contribution in [0.15, 0.2) is 18.2 Å². The molecule has 1 aliphatic rings. The van der Waals surface area contributed by atoms with Crippen LogP contribution in [0.4, 0.5) is 5.69 Å². The summed E-state index contributed by atoms with van der Waals surface area (Å²) in [4.78, 5) is 12.0. The van der Waals surface area contributed by atoms with Crippen LogP contribution in [0, 0.1) is 5.41 Å². The van der Waals surface area contributed by atoms with Gasteiger partial charge < -0.3 is 11.1 Å². The predicted molar refractivity (Wildman–Crippen MR) is 74.8 cm³/mol. The summed E-state index contributed by atoms with van der Waals surface area (Å²) in [6.45, 7) is 2.93. The topological polar surface area (TPSA) is 55.1 Å². The molecule has 3 nitrogen and oxygen atoms in total. The Morgan fingerprint density at radius 1 is 1.50 bits per heavy atom. The minimum Gasteiger partial charge on any atom is -0.398 e. The molecule has 1 amide bonds. The second-order valence-corrected chi connectivity index (χ2v) is 5.60. The van der Waals surface area contributed by atoms with Gasteiger partial charge in [-0.15, -0.1) is 0 Å². The molecule has 2 rings (SSSR count). The fourth-order valence-electron chi connectivity index (χ4n) is 2.33. The number of amides is 1. The smallest absolute Gasteiger partial charge is 0.253 e. The monoisotopic (exact) mass is 266 g/mol. The molecule has 0 unspecified atom stereocenters. The van der Waals surface area contributed by atoms with E-state index in [-0.39, 0.29) is 5.91 Å². The van der Waals surface area contributed by atoms with E-state index in [1.807, 2.05) is 0 Å². The highest BCUT2D eigenvalue weighted by Crippen LogP contribution is 2.48. The maximum atomic E-state index is 12.0. The van der Waals surface area contributed by atoms with E-state index >= 15 is 0 Å². The van der Waals surface area contributed by atoms with E-state index in [4.69, 9.17) is 17.3 Å². The number of hydrogen-bond acceptors (Lipinski definition) is 2. The van der Waals surface area contributed by atoms with E-state index < -0.39 is 0 Å². The number of nitrogen functional groups attached to an aromatic ring is 1. The molecule has 0 bridgehead atoms. The van der Waals surface area contributed by atoms with Gasteiger partial charge in [0, 0.05) is 17.3 Å². The van der Waals surface area contributed by atoms with Crippen LogP contribution >= 0.6 is 11.6 Å². The zero-order valence-corrected chi connectivity index (χ0v) is 11.4. The summed E-state index contributed by atoms with van der Waals surface area (Å²) in [5, 5.41) is 3.53. The maximum absolute atomic E-state index is 12.0. The largest absolute Gasteiger partial charge is 0.398 e. The van der Waals surface area contributed by atoms with E-state index in [9.17, 15) is 4.79 Å². The normalized spacial score (nSPS) is 16.3. The lowest BCUT2D eigenvalue weighted by Gasteiger charge is -2.15. The fourth-order valence-corrected chi connectivity index (χ4v) is 2.51. The van der Waals surface area contributed by atoms with Crippen molar-refractivity contribution in [3.63, 3.8) is 0 Å². The second kappa shape index (κ2) is 5.19. The lowest BCUT2D eigenvalue weighted by molar-refractivity contribution is 0.0944. The molecule has 1 aromatic carbocycles. The average molecular weight is 267 g/mol. The summed E-state index contributed by atoms with van der Waals surface area (Å²) in [6, 6.07) is 4.97. The molecule has 3 N–H and O–H groups in total. The standard InChI is InChI=1S/C14H19ClN2O/c1-2-5-14(6-7-14)9-17-13(18)11-4-3-10(15)8-12(11)16/h3-4,8H,2,5-7,9,16H2,1H3,(H,17,18). The molecule has 18 heavy (non-hydrogen) atoms. The third-order valence-corrected chi connectivity index (χ3v) is 3.85. The van der Waals surface area contributed by atoms with Crippen molar-refractivity contribution in [2.45, 2.75) is 32.6 Å². The van der Waals surface area contributed by atoms with E-state index in [0.29, 0.717) is 21.7 Å². The summed E-state index contributed by atoms with van der Waals surface area (Å²) in [6.07, 6.45) is 4.79. The zero-order chi connectivity index (χ0) is 13.2. The van der Waals surface area contributed by atoms with Gasteiger partial charge in [-0.2, -0.15) is 0 Å². The van der Waals surface area contributed by atoms with Crippen molar-refractivity contribution in [3.8, 4) is 0 Å². The number of nitrogens with two attached hydrogens (primary N) is 1. The Bertz CT molecular complexity index is 455. The number of halogens is 1. The zero-order valence-electron chi connectivity index (χ0n) is 10.6. The summed E-state index contributed by atoms with van der Waals surface area (Å²) >= 11 is 5.81. The van der Waals surface area contributed by atoms with Gasteiger partial charge in [-0.3, -0.25) is 4.79 Å². The van der Waals surface area contributed by atoms with Crippen LogP contribution in [-0.4, -0.2) is 12.5 Å². The number of nitrogens with one attached hydrogen (secondary N) is 1. The molecule has 1 aliphatic carbocycles. The fraction of sp³-hybridized carbons (Fsp3) is 0.500. The Balaban J connectivity index is 1.96. The van der Waals surface area contributed by atoms with Gasteiger partial charge in [0.25, 0.3) is 5.91 Å². The van der Waals surface area contributed by atoms with Crippen molar-refractivity contribution < 1.29 is 4.79 Å². The minimum atomic E-state index is -0.105. The quantitative estimate of drug-likeness (QED) is 0.804. The lowest BCUT2D eigenvalue weighted by atomic mass is 10.0. The highest BCUT2D eigenvalue weighted by Gasteiger charge is 2.41. The van der Waals surface area contributed by atoms with E-state index in [1.54, 1.807) is 18.2 Å². The van der Waals surface area contributed by atoms with Crippen LogP contribution in [0.5, 0.6) is 0 Å². The van der Waals surface area contributed by atoms with Crippen LogP contribution in [0.3, 0.4) is 0 Å². The highest BCUT2D eigenvalue weighted by atomic mass is 35.5. The van der Waals surface area contributed by atoms with Gasteiger partial charge in [0.2, 0.25) is 0 Å². The molecule has 1 aromatic rings. The predicted octanol–water partition coefficient (Wildman–Crippen LogP) is 3.23. The summed E-state index contributed by atoms with van der Waals surface area (Å²) in [7, 11) is 0. The van der Waals surface area contributed by atoms with Gasteiger partial charge in [0.05, 0.1) is 5.56 Å².